The summed E-state index contributed by atoms with van der Waals surface area (Å²) in [5, 5.41) is 37.2. The molecule has 3 heteroatoms. The number of hydrogen-bond acceptors (Lipinski definition) is 3. The molecule has 3 aromatic rings. The predicted octanol–water partition coefficient (Wildman–Crippen LogP) is 11.1. The molecule has 0 aliphatic rings. The first-order valence-corrected chi connectivity index (χ1v) is 18.9. The van der Waals surface area contributed by atoms with Crippen molar-refractivity contribution in [1.82, 2.24) is 0 Å². The molecule has 258 valence electrons. The van der Waals surface area contributed by atoms with Crippen molar-refractivity contribution in [2.75, 3.05) is 0 Å². The van der Waals surface area contributed by atoms with Crippen molar-refractivity contribution in [2.45, 2.75) is 153 Å². The Morgan fingerprint density at radius 2 is 0.915 bits per heavy atom. The van der Waals surface area contributed by atoms with E-state index in [0.717, 1.165) is 42.4 Å². The molecule has 3 rings (SSSR count). The lowest BCUT2D eigenvalue weighted by molar-refractivity contribution is -0.165. The Hall–Kier alpha value is -2.72. The minimum absolute atomic E-state index is 0.263. The lowest BCUT2D eigenvalue weighted by Gasteiger charge is -2.49. The molecule has 47 heavy (non-hydrogen) atoms. The zero-order valence-electron chi connectivity index (χ0n) is 29.5. The van der Waals surface area contributed by atoms with E-state index in [4.69, 9.17) is 0 Å². The van der Waals surface area contributed by atoms with E-state index in [1.807, 2.05) is 91.0 Å². The Bertz CT molecular complexity index is 1110. The van der Waals surface area contributed by atoms with Crippen LogP contribution in [0.2, 0.25) is 0 Å². The van der Waals surface area contributed by atoms with Crippen molar-refractivity contribution in [1.29, 1.82) is 0 Å². The molecule has 0 radical (unpaired) electrons. The van der Waals surface area contributed by atoms with E-state index in [1.165, 1.54) is 70.6 Å². The van der Waals surface area contributed by atoms with Gasteiger partial charge in [0.05, 0.1) is 11.5 Å². The number of allylic oxidation sites excluding steroid dienone is 2. The highest BCUT2D eigenvalue weighted by atomic mass is 16.4. The maximum atomic E-state index is 12.7. The van der Waals surface area contributed by atoms with E-state index < -0.39 is 23.2 Å². The maximum Gasteiger partial charge on any atom is 0.118 e. The van der Waals surface area contributed by atoms with Crippen molar-refractivity contribution in [3.8, 4) is 0 Å². The second-order valence-corrected chi connectivity index (χ2v) is 13.6. The van der Waals surface area contributed by atoms with E-state index in [1.54, 1.807) is 0 Å². The minimum atomic E-state index is -1.74. The van der Waals surface area contributed by atoms with Gasteiger partial charge < -0.3 is 15.3 Å². The van der Waals surface area contributed by atoms with Crippen LogP contribution in [0.1, 0.15) is 146 Å². The summed E-state index contributed by atoms with van der Waals surface area (Å²) in [6.45, 7) is 4.36. The van der Waals surface area contributed by atoms with Crippen molar-refractivity contribution < 1.29 is 15.3 Å². The molecule has 3 aromatic carbocycles. The topological polar surface area (TPSA) is 60.7 Å². The number of aliphatic hydroxyl groups is 3. The minimum Gasteiger partial charge on any atom is -0.390 e. The van der Waals surface area contributed by atoms with Gasteiger partial charge >= 0.3 is 0 Å². The lowest BCUT2D eigenvalue weighted by Crippen LogP contribution is -2.61. The van der Waals surface area contributed by atoms with Gasteiger partial charge in [-0.05, 0) is 42.4 Å². The van der Waals surface area contributed by atoms with Gasteiger partial charge in [-0.15, -0.1) is 0 Å². The summed E-state index contributed by atoms with van der Waals surface area (Å²) in [6.07, 6.45) is 21.7. The monoisotopic (exact) mass is 640 g/mol. The fourth-order valence-corrected chi connectivity index (χ4v) is 7.32. The van der Waals surface area contributed by atoms with Crippen LogP contribution in [0.15, 0.2) is 103 Å². The smallest absolute Gasteiger partial charge is 0.118 e. The number of hydrogen-bond donors (Lipinski definition) is 3. The molecule has 3 N–H and O–H groups in total. The van der Waals surface area contributed by atoms with Crippen molar-refractivity contribution in [3.63, 3.8) is 0 Å². The van der Waals surface area contributed by atoms with Gasteiger partial charge in [-0.1, -0.05) is 207 Å². The van der Waals surface area contributed by atoms with Crippen molar-refractivity contribution in [2.24, 2.45) is 0 Å². The molecule has 0 spiro atoms. The van der Waals surface area contributed by atoms with Gasteiger partial charge in [0.15, 0.2) is 0 Å². The van der Waals surface area contributed by atoms with Crippen LogP contribution in [0.5, 0.6) is 0 Å². The van der Waals surface area contributed by atoms with Gasteiger partial charge in [0, 0.05) is 0 Å². The second kappa shape index (κ2) is 22.0. The standard InChI is InChI=1S/C44H64O3/c1-3-5-7-9-10-11-12-13-14-15-16-17-18-28-36-41(45)43(47,37-29-8-6-4-2)42(46)44(38-30-22-19-23-31-38,39-32-24-20-25-33-39)40-34-26-21-27-35-40/h6,8,19-27,30-35,41-42,45-47H,3-5,7,9-18,28-29,36-37H2,1-2H3. The molecule has 3 nitrogen and oxygen atoms in total. The summed E-state index contributed by atoms with van der Waals surface area (Å²) < 4.78 is 0. The summed E-state index contributed by atoms with van der Waals surface area (Å²) in [7, 11) is 0. The van der Waals surface area contributed by atoms with Crippen LogP contribution in [0.3, 0.4) is 0 Å². The third-order valence-corrected chi connectivity index (χ3v) is 10.1. The van der Waals surface area contributed by atoms with Crippen LogP contribution >= 0.6 is 0 Å². The van der Waals surface area contributed by atoms with Gasteiger partial charge in [0.25, 0.3) is 0 Å². The number of unbranched alkanes of at least 4 members (excludes halogenated alkanes) is 13. The molecule has 0 aromatic heterocycles. The highest BCUT2D eigenvalue weighted by Crippen LogP contribution is 2.47. The molecule has 3 atom stereocenters. The van der Waals surface area contributed by atoms with Gasteiger partial charge in [0.2, 0.25) is 0 Å². The normalized spacial score (nSPS) is 14.7. The third kappa shape index (κ3) is 11.4. The second-order valence-electron chi connectivity index (χ2n) is 13.6. The Labute approximate surface area is 287 Å². The quantitative estimate of drug-likeness (QED) is 0.0490. The Morgan fingerprint density at radius 3 is 1.30 bits per heavy atom. The zero-order chi connectivity index (χ0) is 33.6. The molecule has 0 saturated carbocycles. The number of rotatable bonds is 25. The third-order valence-electron chi connectivity index (χ3n) is 10.1. The van der Waals surface area contributed by atoms with Gasteiger partial charge in [-0.3, -0.25) is 0 Å². The molecule has 0 aliphatic carbocycles. The lowest BCUT2D eigenvalue weighted by atomic mass is 9.60. The fourth-order valence-electron chi connectivity index (χ4n) is 7.32. The van der Waals surface area contributed by atoms with Gasteiger partial charge in [0.1, 0.15) is 11.7 Å². The van der Waals surface area contributed by atoms with Crippen molar-refractivity contribution >= 4 is 0 Å². The Balaban J connectivity index is 1.73. The van der Waals surface area contributed by atoms with Crippen LogP contribution in [0, 0.1) is 0 Å². The van der Waals surface area contributed by atoms with E-state index in [9.17, 15) is 15.3 Å². The Kier molecular flexibility index (Phi) is 18.1. The van der Waals surface area contributed by atoms with Crippen LogP contribution in [0.25, 0.3) is 0 Å². The van der Waals surface area contributed by atoms with Crippen LogP contribution in [-0.4, -0.2) is 33.1 Å². The molecule has 0 bridgehead atoms. The molecule has 3 unspecified atom stereocenters. The average Bonchev–Trinajstić information content (AvgIpc) is 3.11. The SMILES string of the molecule is CCC=CCCC(O)(C(O)CCCCCCCCCCCCCCCC)C(O)C(c1ccccc1)(c1ccccc1)c1ccccc1. The molecule has 0 heterocycles. The molecule has 0 fully saturated rings. The largest absolute Gasteiger partial charge is 0.390 e. The average molecular weight is 641 g/mol. The summed E-state index contributed by atoms with van der Waals surface area (Å²) >= 11 is 0. The molecular formula is C44H64O3. The summed E-state index contributed by atoms with van der Waals surface area (Å²) in [4.78, 5) is 0. The highest BCUT2D eigenvalue weighted by Gasteiger charge is 2.55. The van der Waals surface area contributed by atoms with E-state index >= 15 is 0 Å². The predicted molar refractivity (Wildman–Crippen MR) is 200 cm³/mol. The number of aliphatic hydroxyl groups excluding tert-OH is 2. The van der Waals surface area contributed by atoms with Gasteiger partial charge in [-0.25, -0.2) is 0 Å². The van der Waals surface area contributed by atoms with Crippen LogP contribution < -0.4 is 0 Å². The first-order chi connectivity index (χ1) is 23.0. The Morgan fingerprint density at radius 1 is 0.532 bits per heavy atom. The first kappa shape index (κ1) is 38.7. The van der Waals surface area contributed by atoms with Gasteiger partial charge in [-0.2, -0.15) is 0 Å². The molecular weight excluding hydrogens is 576 g/mol. The van der Waals surface area contributed by atoms with Crippen molar-refractivity contribution in [3.05, 3.63) is 120 Å². The van der Waals surface area contributed by atoms with Crippen LogP contribution in [0.4, 0.5) is 0 Å². The fraction of sp³-hybridized carbons (Fsp3) is 0.545. The maximum absolute atomic E-state index is 12.7. The summed E-state index contributed by atoms with van der Waals surface area (Å²) in [6, 6.07) is 30.0. The number of benzene rings is 3. The van der Waals surface area contributed by atoms with E-state index in [-0.39, 0.29) is 6.42 Å². The molecule has 0 saturated heterocycles. The molecule has 0 aliphatic heterocycles. The first-order valence-electron chi connectivity index (χ1n) is 18.9. The van der Waals surface area contributed by atoms with E-state index in [0.29, 0.717) is 12.8 Å². The zero-order valence-corrected chi connectivity index (χ0v) is 29.5. The molecule has 0 amide bonds. The van der Waals surface area contributed by atoms with E-state index in [2.05, 4.69) is 26.0 Å². The summed E-state index contributed by atoms with van der Waals surface area (Å²) in [5.74, 6) is 0. The highest BCUT2D eigenvalue weighted by molar-refractivity contribution is 5.53. The summed E-state index contributed by atoms with van der Waals surface area (Å²) in [5.41, 5.74) is -0.178. The van der Waals surface area contributed by atoms with Crippen LogP contribution in [-0.2, 0) is 5.41 Å².